The minimum atomic E-state index is -0.496. The molecule has 194 valence electrons. The molecule has 1 amide bonds. The van der Waals surface area contributed by atoms with Crippen LogP contribution in [0.25, 0.3) is 0 Å². The highest BCUT2D eigenvalue weighted by Crippen LogP contribution is 2.36. The van der Waals surface area contributed by atoms with Crippen molar-refractivity contribution in [2.24, 2.45) is 10.7 Å². The van der Waals surface area contributed by atoms with Gasteiger partial charge in [-0.3, -0.25) is 4.79 Å². The van der Waals surface area contributed by atoms with Gasteiger partial charge in [0.1, 0.15) is 11.6 Å². The number of benzene rings is 2. The topological polar surface area (TPSA) is 89.2 Å². The van der Waals surface area contributed by atoms with Gasteiger partial charge >= 0.3 is 0 Å². The zero-order valence-corrected chi connectivity index (χ0v) is 21.8. The third-order valence-corrected chi connectivity index (χ3v) is 7.78. The zero-order valence-electron chi connectivity index (χ0n) is 21.0. The highest BCUT2D eigenvalue weighted by atomic mass is 35.5. The molecular formula is C28H37ClN4O3. The molecule has 0 aromatic heterocycles. The maximum absolute atomic E-state index is 12.6. The quantitative estimate of drug-likeness (QED) is 0.302. The maximum Gasteiger partial charge on any atom is 0.261 e. The van der Waals surface area contributed by atoms with Gasteiger partial charge in [0.2, 0.25) is 0 Å². The van der Waals surface area contributed by atoms with Crippen molar-refractivity contribution in [1.82, 2.24) is 10.2 Å². The minimum absolute atomic E-state index is 0.172. The van der Waals surface area contributed by atoms with Crippen molar-refractivity contribution < 1.29 is 14.3 Å². The van der Waals surface area contributed by atoms with Crippen LogP contribution in [0.1, 0.15) is 42.7 Å². The van der Waals surface area contributed by atoms with E-state index in [2.05, 4.69) is 27.3 Å². The molecule has 36 heavy (non-hydrogen) atoms. The first-order valence-corrected chi connectivity index (χ1v) is 13.2. The van der Waals surface area contributed by atoms with Crippen molar-refractivity contribution in [2.45, 2.75) is 37.0 Å². The number of methoxy groups -OCH3 is 1. The summed E-state index contributed by atoms with van der Waals surface area (Å²) in [6.07, 6.45) is 3.60. The standard InChI is InChI=1S/C28H37ClN4O3/c1-35-25-5-3-2-4-24(25)21-10-15-33(16-11-21)17-14-31-20-26(34)32-27(30)28(12-18-36-19-13-28)22-6-8-23(29)9-7-22/h2-9,21,31H,10-20H2,1H3,(H2,30,32,34). The lowest BCUT2D eigenvalue weighted by Gasteiger charge is -2.37. The number of nitrogens with two attached hydrogens (primary N) is 1. The van der Waals surface area contributed by atoms with Gasteiger partial charge in [-0.05, 0) is 74.0 Å². The highest BCUT2D eigenvalue weighted by molar-refractivity contribution is 6.30. The number of rotatable bonds is 9. The second-order valence-electron chi connectivity index (χ2n) is 9.63. The van der Waals surface area contributed by atoms with Crippen LogP contribution < -0.4 is 15.8 Å². The van der Waals surface area contributed by atoms with E-state index in [1.807, 2.05) is 36.4 Å². The van der Waals surface area contributed by atoms with Crippen LogP contribution in [0.15, 0.2) is 53.5 Å². The molecule has 2 fully saturated rings. The van der Waals surface area contributed by atoms with Crippen LogP contribution in [-0.4, -0.2) is 69.7 Å². The predicted molar refractivity (Wildman–Crippen MR) is 144 cm³/mol. The number of hydrogen-bond acceptors (Lipinski definition) is 5. The molecule has 2 aromatic rings. The number of nitrogens with zero attached hydrogens (tertiary/aromatic N) is 2. The lowest BCUT2D eigenvalue weighted by atomic mass is 9.73. The first kappa shape index (κ1) is 26.6. The summed E-state index contributed by atoms with van der Waals surface area (Å²) in [4.78, 5) is 19.4. The smallest absolute Gasteiger partial charge is 0.261 e. The van der Waals surface area contributed by atoms with E-state index in [0.717, 1.165) is 50.3 Å². The van der Waals surface area contributed by atoms with E-state index in [1.54, 1.807) is 7.11 Å². The van der Waals surface area contributed by atoms with E-state index < -0.39 is 5.41 Å². The summed E-state index contributed by atoms with van der Waals surface area (Å²) in [5.74, 6) is 1.62. The third kappa shape index (κ3) is 6.45. The SMILES string of the molecule is COc1ccccc1C1CCN(CCNCC(=O)N=C(N)C2(c3ccc(Cl)cc3)CCOCC2)CC1. The average molecular weight is 513 g/mol. The molecule has 0 atom stereocenters. The summed E-state index contributed by atoms with van der Waals surface area (Å²) < 4.78 is 11.1. The Labute approximate surface area is 219 Å². The van der Waals surface area contributed by atoms with Gasteiger partial charge in [0, 0.05) is 31.3 Å². The molecule has 2 aromatic carbocycles. The van der Waals surface area contributed by atoms with Gasteiger partial charge in [0.15, 0.2) is 0 Å². The van der Waals surface area contributed by atoms with Gasteiger partial charge < -0.3 is 25.4 Å². The van der Waals surface area contributed by atoms with Crippen molar-refractivity contribution in [2.75, 3.05) is 53.0 Å². The Morgan fingerprint density at radius 2 is 1.86 bits per heavy atom. The van der Waals surface area contributed by atoms with E-state index in [4.69, 9.17) is 26.8 Å². The molecule has 2 aliphatic rings. The maximum atomic E-state index is 12.6. The molecule has 0 aliphatic carbocycles. The normalized spacial score (nSPS) is 19.2. The number of ether oxygens (including phenoxy) is 2. The zero-order chi connectivity index (χ0) is 25.4. The largest absolute Gasteiger partial charge is 0.496 e. The molecule has 0 bridgehead atoms. The fourth-order valence-corrected chi connectivity index (χ4v) is 5.49. The second kappa shape index (κ2) is 12.7. The van der Waals surface area contributed by atoms with E-state index in [0.29, 0.717) is 42.8 Å². The van der Waals surface area contributed by atoms with Crippen molar-refractivity contribution >= 4 is 23.3 Å². The summed E-state index contributed by atoms with van der Waals surface area (Å²) in [6.45, 7) is 5.04. The Kier molecular flexibility index (Phi) is 9.37. The summed E-state index contributed by atoms with van der Waals surface area (Å²) in [7, 11) is 1.74. The Morgan fingerprint density at radius 1 is 1.17 bits per heavy atom. The van der Waals surface area contributed by atoms with Gasteiger partial charge in [0.05, 0.1) is 19.1 Å². The lowest BCUT2D eigenvalue weighted by Crippen LogP contribution is -2.46. The van der Waals surface area contributed by atoms with Crippen molar-refractivity contribution in [3.05, 3.63) is 64.7 Å². The number of carbonyl (C=O) groups excluding carboxylic acids is 1. The number of amidine groups is 1. The van der Waals surface area contributed by atoms with Crippen molar-refractivity contribution in [3.8, 4) is 5.75 Å². The molecule has 2 saturated heterocycles. The number of amides is 1. The fraction of sp³-hybridized carbons (Fsp3) is 0.500. The summed E-state index contributed by atoms with van der Waals surface area (Å²) in [6, 6.07) is 16.0. The molecule has 4 rings (SSSR count). The van der Waals surface area contributed by atoms with Crippen molar-refractivity contribution in [3.63, 3.8) is 0 Å². The fourth-order valence-electron chi connectivity index (χ4n) is 5.37. The number of para-hydroxylation sites is 1. The van der Waals surface area contributed by atoms with Gasteiger partial charge in [-0.25, -0.2) is 0 Å². The highest BCUT2D eigenvalue weighted by Gasteiger charge is 2.38. The summed E-state index contributed by atoms with van der Waals surface area (Å²) >= 11 is 6.08. The van der Waals surface area contributed by atoms with Gasteiger partial charge in [-0.15, -0.1) is 0 Å². The van der Waals surface area contributed by atoms with E-state index in [1.165, 1.54) is 5.56 Å². The predicted octanol–water partition coefficient (Wildman–Crippen LogP) is 3.75. The molecule has 0 saturated carbocycles. The van der Waals surface area contributed by atoms with Crippen LogP contribution in [0.5, 0.6) is 5.75 Å². The molecule has 3 N–H and O–H groups in total. The van der Waals surface area contributed by atoms with Gasteiger partial charge in [0.25, 0.3) is 5.91 Å². The van der Waals surface area contributed by atoms with E-state index in [-0.39, 0.29) is 12.5 Å². The lowest BCUT2D eigenvalue weighted by molar-refractivity contribution is -0.117. The van der Waals surface area contributed by atoms with Crippen LogP contribution in [0.4, 0.5) is 0 Å². The number of halogens is 1. The first-order valence-electron chi connectivity index (χ1n) is 12.8. The molecule has 0 spiro atoms. The number of aliphatic imine (C=N–C) groups is 1. The molecule has 0 radical (unpaired) electrons. The van der Waals surface area contributed by atoms with Crippen LogP contribution in [-0.2, 0) is 14.9 Å². The average Bonchev–Trinajstić information content (AvgIpc) is 2.92. The number of likely N-dealkylation sites (tertiary alicyclic amines) is 1. The number of nitrogens with one attached hydrogen (secondary N) is 1. The molecule has 2 heterocycles. The number of hydrogen-bond donors (Lipinski definition) is 2. The number of piperidine rings is 1. The Bertz CT molecular complexity index is 1030. The third-order valence-electron chi connectivity index (χ3n) is 7.53. The number of carbonyl (C=O) groups is 1. The van der Waals surface area contributed by atoms with Crippen molar-refractivity contribution in [1.29, 1.82) is 0 Å². The van der Waals surface area contributed by atoms with E-state index >= 15 is 0 Å². The Hall–Kier alpha value is -2.45. The summed E-state index contributed by atoms with van der Waals surface area (Å²) in [5, 5.41) is 3.91. The van der Waals surface area contributed by atoms with E-state index in [9.17, 15) is 4.79 Å². The Morgan fingerprint density at radius 3 is 2.56 bits per heavy atom. The molecule has 0 unspecified atom stereocenters. The molecule has 2 aliphatic heterocycles. The van der Waals surface area contributed by atoms with Crippen LogP contribution in [0, 0.1) is 0 Å². The second-order valence-corrected chi connectivity index (χ2v) is 10.1. The monoisotopic (exact) mass is 512 g/mol. The molecular weight excluding hydrogens is 476 g/mol. The molecule has 7 nitrogen and oxygen atoms in total. The van der Waals surface area contributed by atoms with Crippen LogP contribution in [0.3, 0.4) is 0 Å². The van der Waals surface area contributed by atoms with Gasteiger partial charge in [-0.2, -0.15) is 4.99 Å². The molecule has 8 heteroatoms. The van der Waals surface area contributed by atoms with Crippen LogP contribution in [0.2, 0.25) is 5.02 Å². The summed E-state index contributed by atoms with van der Waals surface area (Å²) in [5.41, 5.74) is 8.28. The van der Waals surface area contributed by atoms with Crippen LogP contribution >= 0.6 is 11.6 Å². The Balaban J connectivity index is 1.24. The van der Waals surface area contributed by atoms with Gasteiger partial charge in [-0.1, -0.05) is 41.9 Å². The minimum Gasteiger partial charge on any atom is -0.496 e. The first-order chi connectivity index (χ1) is 17.5.